The van der Waals surface area contributed by atoms with Crippen molar-refractivity contribution in [3.05, 3.63) is 57.4 Å². The highest BCUT2D eigenvalue weighted by Crippen LogP contribution is 2.32. The van der Waals surface area contributed by atoms with Gasteiger partial charge in [-0.3, -0.25) is 4.68 Å². The van der Waals surface area contributed by atoms with Crippen LogP contribution in [0.5, 0.6) is 0 Å². The molecule has 0 aliphatic carbocycles. The first-order valence-corrected chi connectivity index (χ1v) is 11.3. The third-order valence-electron chi connectivity index (χ3n) is 5.69. The summed E-state index contributed by atoms with van der Waals surface area (Å²) in [5, 5.41) is 15.8. The molecule has 32 heavy (non-hydrogen) atoms. The fraction of sp³-hybridized carbons (Fsp3) is 0.391. The van der Waals surface area contributed by atoms with Gasteiger partial charge in [-0.25, -0.2) is 9.97 Å². The molecule has 1 saturated heterocycles. The number of rotatable bonds is 4. The second kappa shape index (κ2) is 8.97. The van der Waals surface area contributed by atoms with Crippen molar-refractivity contribution < 1.29 is 0 Å². The topological polar surface area (TPSA) is 73.9 Å². The zero-order chi connectivity index (χ0) is 23.0. The van der Waals surface area contributed by atoms with Crippen molar-refractivity contribution in [2.75, 3.05) is 18.0 Å². The lowest BCUT2D eigenvalue weighted by Gasteiger charge is -2.40. The Bertz CT molecular complexity index is 1220. The van der Waals surface area contributed by atoms with E-state index in [0.29, 0.717) is 22.8 Å². The highest BCUT2D eigenvalue weighted by atomic mass is 35.5. The van der Waals surface area contributed by atoms with Crippen molar-refractivity contribution in [3.63, 3.8) is 0 Å². The van der Waals surface area contributed by atoms with Crippen molar-refractivity contribution in [2.45, 2.75) is 39.7 Å². The molecule has 0 aromatic carbocycles. The van der Waals surface area contributed by atoms with Crippen LogP contribution in [0, 0.1) is 18.3 Å². The second-order valence-corrected chi connectivity index (χ2v) is 9.07. The van der Waals surface area contributed by atoms with Crippen LogP contribution in [0.15, 0.2) is 30.1 Å². The summed E-state index contributed by atoms with van der Waals surface area (Å²) in [7, 11) is 1.93. The van der Waals surface area contributed by atoms with Crippen molar-refractivity contribution in [1.82, 2.24) is 24.6 Å². The standard InChI is InChI=1S/C23H25Cl2N7/c1-14(2)18-10-16(27-23-22(18)15(3)29-30(23)4)13-31-8-5-9-32(21(31)6-7-26)17-11-19(24)28-20(25)12-17/h6,10-12,14H,5,8-9,13H2,1-4H3/b21-6+. The van der Waals surface area contributed by atoms with E-state index in [0.717, 1.165) is 53.4 Å². The molecular formula is C23H25Cl2N7. The van der Waals surface area contributed by atoms with Crippen LogP contribution in [0.4, 0.5) is 5.69 Å². The van der Waals surface area contributed by atoms with Gasteiger partial charge >= 0.3 is 0 Å². The first-order chi connectivity index (χ1) is 15.3. The van der Waals surface area contributed by atoms with Crippen LogP contribution in [0.25, 0.3) is 11.0 Å². The van der Waals surface area contributed by atoms with E-state index in [1.54, 1.807) is 18.2 Å². The lowest BCUT2D eigenvalue weighted by atomic mass is 9.98. The van der Waals surface area contributed by atoms with Crippen LogP contribution in [0.1, 0.15) is 43.1 Å². The van der Waals surface area contributed by atoms with Crippen LogP contribution < -0.4 is 4.90 Å². The highest BCUT2D eigenvalue weighted by molar-refractivity contribution is 6.32. The molecule has 0 amide bonds. The summed E-state index contributed by atoms with van der Waals surface area (Å²) in [6.07, 6.45) is 2.49. The van der Waals surface area contributed by atoms with Gasteiger partial charge in [-0.15, -0.1) is 0 Å². The Labute approximate surface area is 197 Å². The Hall–Kier alpha value is -2.82. The average molecular weight is 470 g/mol. The normalized spacial score (nSPS) is 15.8. The van der Waals surface area contributed by atoms with E-state index in [-0.39, 0.29) is 0 Å². The fourth-order valence-electron chi connectivity index (χ4n) is 4.34. The number of aryl methyl sites for hydroxylation is 2. The summed E-state index contributed by atoms with van der Waals surface area (Å²) in [5.74, 6) is 1.14. The molecule has 4 heterocycles. The monoisotopic (exact) mass is 469 g/mol. The number of fused-ring (bicyclic) bond motifs is 1. The third kappa shape index (κ3) is 4.25. The Kier molecular flexibility index (Phi) is 6.27. The predicted molar refractivity (Wildman–Crippen MR) is 128 cm³/mol. The molecule has 0 atom stereocenters. The van der Waals surface area contributed by atoms with Crippen LogP contribution in [-0.4, -0.2) is 37.7 Å². The molecule has 0 unspecified atom stereocenters. The number of pyridine rings is 2. The van der Waals surface area contributed by atoms with Gasteiger partial charge in [-0.1, -0.05) is 37.0 Å². The largest absolute Gasteiger partial charge is 0.351 e. The first-order valence-electron chi connectivity index (χ1n) is 10.6. The molecule has 0 spiro atoms. The van der Waals surface area contributed by atoms with Gasteiger partial charge in [0, 0.05) is 31.2 Å². The zero-order valence-corrected chi connectivity index (χ0v) is 20.1. The Morgan fingerprint density at radius 1 is 1.16 bits per heavy atom. The van der Waals surface area contributed by atoms with Crippen LogP contribution in [0.2, 0.25) is 10.3 Å². The van der Waals surface area contributed by atoms with E-state index in [1.165, 1.54) is 5.56 Å². The van der Waals surface area contributed by atoms with E-state index < -0.39 is 0 Å². The lowest BCUT2D eigenvalue weighted by molar-refractivity contribution is 0.292. The van der Waals surface area contributed by atoms with Crippen molar-refractivity contribution >= 4 is 39.9 Å². The summed E-state index contributed by atoms with van der Waals surface area (Å²) in [5.41, 5.74) is 4.88. The molecule has 1 aliphatic heterocycles. The maximum absolute atomic E-state index is 9.50. The van der Waals surface area contributed by atoms with Gasteiger partial charge < -0.3 is 9.80 Å². The molecule has 9 heteroatoms. The van der Waals surface area contributed by atoms with Gasteiger partial charge in [0.05, 0.1) is 30.1 Å². The minimum absolute atomic E-state index is 0.321. The summed E-state index contributed by atoms with van der Waals surface area (Å²) >= 11 is 12.3. The number of anilines is 1. The van der Waals surface area contributed by atoms with Crippen LogP contribution >= 0.6 is 23.2 Å². The molecule has 7 nitrogen and oxygen atoms in total. The van der Waals surface area contributed by atoms with Gasteiger partial charge in [0.15, 0.2) is 5.65 Å². The van der Waals surface area contributed by atoms with Crippen molar-refractivity contribution in [3.8, 4) is 6.07 Å². The number of nitrogens with zero attached hydrogens (tertiary/aromatic N) is 7. The lowest BCUT2D eigenvalue weighted by Crippen LogP contribution is -2.42. The summed E-state index contributed by atoms with van der Waals surface area (Å²) in [6, 6.07) is 7.90. The highest BCUT2D eigenvalue weighted by Gasteiger charge is 2.25. The quantitative estimate of drug-likeness (QED) is 0.387. The van der Waals surface area contributed by atoms with E-state index in [4.69, 9.17) is 28.2 Å². The Morgan fingerprint density at radius 3 is 2.53 bits per heavy atom. The summed E-state index contributed by atoms with van der Waals surface area (Å²) in [4.78, 5) is 13.2. The molecule has 3 aromatic heterocycles. The molecule has 166 valence electrons. The van der Waals surface area contributed by atoms with E-state index in [2.05, 4.69) is 45.9 Å². The van der Waals surface area contributed by atoms with Crippen LogP contribution in [0.3, 0.4) is 0 Å². The number of allylic oxidation sites excluding steroid dienone is 1. The molecule has 0 bridgehead atoms. The minimum Gasteiger partial charge on any atom is -0.351 e. The van der Waals surface area contributed by atoms with Crippen molar-refractivity contribution in [1.29, 1.82) is 5.26 Å². The molecule has 3 aromatic rings. The maximum Gasteiger partial charge on any atom is 0.158 e. The van der Waals surface area contributed by atoms with Gasteiger partial charge in [0.1, 0.15) is 16.1 Å². The number of halogens is 2. The number of hydrogen-bond donors (Lipinski definition) is 0. The molecule has 1 aliphatic rings. The molecule has 1 fully saturated rings. The predicted octanol–water partition coefficient (Wildman–Crippen LogP) is 5.18. The molecule has 0 radical (unpaired) electrons. The number of nitriles is 1. The fourth-order valence-corrected chi connectivity index (χ4v) is 4.79. The van der Waals surface area contributed by atoms with Gasteiger partial charge in [-0.05, 0) is 43.0 Å². The zero-order valence-electron chi connectivity index (χ0n) is 18.6. The summed E-state index contributed by atoms with van der Waals surface area (Å²) in [6.45, 7) is 8.55. The minimum atomic E-state index is 0.321. The van der Waals surface area contributed by atoms with Gasteiger partial charge in [-0.2, -0.15) is 10.4 Å². The third-order valence-corrected chi connectivity index (χ3v) is 6.08. The van der Waals surface area contributed by atoms with Crippen molar-refractivity contribution in [2.24, 2.45) is 7.05 Å². The van der Waals surface area contributed by atoms with E-state index in [1.807, 2.05) is 18.7 Å². The number of hydrogen-bond acceptors (Lipinski definition) is 6. The van der Waals surface area contributed by atoms with Gasteiger partial charge in [0.25, 0.3) is 0 Å². The molecule has 0 N–H and O–H groups in total. The SMILES string of the molecule is Cc1nn(C)c2nc(CN3CCCN(c4cc(Cl)nc(Cl)c4)/C3=C/C#N)cc(C(C)C)c12. The maximum atomic E-state index is 9.50. The Balaban J connectivity index is 1.73. The second-order valence-electron chi connectivity index (χ2n) is 8.29. The number of aromatic nitrogens is 4. The molecular weight excluding hydrogens is 445 g/mol. The molecule has 0 saturated carbocycles. The van der Waals surface area contributed by atoms with E-state index >= 15 is 0 Å². The molecule has 4 rings (SSSR count). The first kappa shape index (κ1) is 22.4. The average Bonchev–Trinajstić information content (AvgIpc) is 3.01. The van der Waals surface area contributed by atoms with Crippen LogP contribution in [-0.2, 0) is 13.6 Å². The van der Waals surface area contributed by atoms with E-state index in [9.17, 15) is 5.26 Å². The van der Waals surface area contributed by atoms with Gasteiger partial charge in [0.2, 0.25) is 0 Å². The Morgan fingerprint density at radius 2 is 1.88 bits per heavy atom. The summed E-state index contributed by atoms with van der Waals surface area (Å²) < 4.78 is 1.84. The smallest absolute Gasteiger partial charge is 0.158 e.